The van der Waals surface area contributed by atoms with Crippen LogP contribution in [0.2, 0.25) is 0 Å². The second kappa shape index (κ2) is 5.33. The molecule has 0 fully saturated rings. The van der Waals surface area contributed by atoms with Gasteiger partial charge in [0.25, 0.3) is 5.91 Å². The van der Waals surface area contributed by atoms with E-state index < -0.39 is 9.84 Å². The number of carbonyl (C=O) groups excluding carboxylic acids is 1. The number of carbonyl (C=O) groups is 1. The smallest absolute Gasteiger partial charge is 0.251 e. The van der Waals surface area contributed by atoms with Crippen LogP contribution in [0.3, 0.4) is 0 Å². The maximum Gasteiger partial charge on any atom is 0.251 e. The molecule has 3 rings (SSSR count). The second-order valence-corrected chi connectivity index (χ2v) is 7.12. The van der Waals surface area contributed by atoms with Crippen molar-refractivity contribution in [3.8, 4) is 0 Å². The molecule has 4 nitrogen and oxygen atoms in total. The largest absolute Gasteiger partial charge is 0.345 e. The summed E-state index contributed by atoms with van der Waals surface area (Å²) in [5.74, 6) is -0.126. The van der Waals surface area contributed by atoms with Gasteiger partial charge >= 0.3 is 0 Å². The molecule has 0 saturated heterocycles. The Bertz CT molecular complexity index is 769. The van der Waals surface area contributed by atoms with Crippen LogP contribution in [0.5, 0.6) is 0 Å². The SMILES string of the molecule is O=C(NC1CCS(=O)(=O)c2ccccc21)c1ccccc1. The first kappa shape index (κ1) is 13.8. The van der Waals surface area contributed by atoms with Crippen LogP contribution in [0.25, 0.3) is 0 Å². The Morgan fingerprint density at radius 2 is 1.67 bits per heavy atom. The first-order valence-corrected chi connectivity index (χ1v) is 8.41. The third kappa shape index (κ3) is 2.69. The number of rotatable bonds is 2. The van der Waals surface area contributed by atoms with Gasteiger partial charge in [-0.2, -0.15) is 0 Å². The van der Waals surface area contributed by atoms with Crippen LogP contribution in [0.15, 0.2) is 59.5 Å². The molecule has 0 radical (unpaired) electrons. The number of benzene rings is 2. The highest BCUT2D eigenvalue weighted by molar-refractivity contribution is 7.91. The normalized spacial score (nSPS) is 19.5. The molecule has 0 saturated carbocycles. The van der Waals surface area contributed by atoms with Crippen molar-refractivity contribution in [3.63, 3.8) is 0 Å². The van der Waals surface area contributed by atoms with E-state index in [0.29, 0.717) is 22.4 Å². The Hall–Kier alpha value is -2.14. The van der Waals surface area contributed by atoms with E-state index in [1.165, 1.54) is 0 Å². The number of amides is 1. The number of hydrogen-bond donors (Lipinski definition) is 1. The minimum atomic E-state index is -3.23. The van der Waals surface area contributed by atoms with Gasteiger partial charge in [-0.1, -0.05) is 36.4 Å². The van der Waals surface area contributed by atoms with Crippen LogP contribution in [-0.2, 0) is 9.84 Å². The summed E-state index contributed by atoms with van der Waals surface area (Å²) in [5, 5.41) is 2.93. The molecule has 1 amide bonds. The molecule has 1 aliphatic rings. The topological polar surface area (TPSA) is 63.2 Å². The van der Waals surface area contributed by atoms with Gasteiger partial charge in [0.05, 0.1) is 16.7 Å². The fourth-order valence-electron chi connectivity index (χ4n) is 2.57. The monoisotopic (exact) mass is 301 g/mol. The molecule has 0 aliphatic carbocycles. The molecule has 1 unspecified atom stereocenters. The van der Waals surface area contributed by atoms with Gasteiger partial charge in [0, 0.05) is 5.56 Å². The van der Waals surface area contributed by atoms with E-state index in [1.54, 1.807) is 48.5 Å². The summed E-state index contributed by atoms with van der Waals surface area (Å²) < 4.78 is 24.1. The molecule has 1 atom stereocenters. The van der Waals surface area contributed by atoms with Gasteiger partial charge < -0.3 is 5.32 Å². The lowest BCUT2D eigenvalue weighted by molar-refractivity contribution is 0.0934. The van der Waals surface area contributed by atoms with E-state index in [1.807, 2.05) is 6.07 Å². The Morgan fingerprint density at radius 3 is 2.43 bits per heavy atom. The molecule has 2 aromatic carbocycles. The molecule has 2 aromatic rings. The van der Waals surface area contributed by atoms with Gasteiger partial charge in [-0.15, -0.1) is 0 Å². The molecule has 0 aromatic heterocycles. The maximum atomic E-state index is 12.2. The molecule has 21 heavy (non-hydrogen) atoms. The van der Waals surface area contributed by atoms with Crippen LogP contribution in [0, 0.1) is 0 Å². The Morgan fingerprint density at radius 1 is 1.00 bits per heavy atom. The number of fused-ring (bicyclic) bond motifs is 1. The third-order valence-electron chi connectivity index (χ3n) is 3.65. The van der Waals surface area contributed by atoms with E-state index >= 15 is 0 Å². The molecule has 1 N–H and O–H groups in total. The van der Waals surface area contributed by atoms with E-state index in [9.17, 15) is 13.2 Å². The molecule has 0 spiro atoms. The quantitative estimate of drug-likeness (QED) is 0.926. The molecular formula is C16H15NO3S. The summed E-state index contributed by atoms with van der Waals surface area (Å²) in [6.45, 7) is 0. The van der Waals surface area contributed by atoms with Crippen LogP contribution in [0.1, 0.15) is 28.4 Å². The zero-order valence-corrected chi connectivity index (χ0v) is 12.1. The summed E-state index contributed by atoms with van der Waals surface area (Å²) in [5.41, 5.74) is 1.25. The van der Waals surface area contributed by atoms with Gasteiger partial charge in [0.15, 0.2) is 9.84 Å². The summed E-state index contributed by atoms with van der Waals surface area (Å²) in [4.78, 5) is 12.6. The molecule has 108 valence electrons. The minimum Gasteiger partial charge on any atom is -0.345 e. The predicted molar refractivity (Wildman–Crippen MR) is 79.8 cm³/mol. The molecule has 1 aliphatic heterocycles. The summed E-state index contributed by atoms with van der Waals surface area (Å²) in [6.07, 6.45) is 0.401. The van der Waals surface area contributed by atoms with Crippen molar-refractivity contribution >= 4 is 15.7 Å². The zero-order valence-electron chi connectivity index (χ0n) is 11.3. The first-order valence-electron chi connectivity index (χ1n) is 6.75. The van der Waals surface area contributed by atoms with Crippen molar-refractivity contribution in [1.82, 2.24) is 5.32 Å². The first-order chi connectivity index (χ1) is 10.1. The van der Waals surface area contributed by atoms with Gasteiger partial charge in [-0.25, -0.2) is 8.42 Å². The summed E-state index contributed by atoms with van der Waals surface area (Å²) in [7, 11) is -3.23. The van der Waals surface area contributed by atoms with Crippen molar-refractivity contribution in [2.45, 2.75) is 17.4 Å². The Kier molecular flexibility index (Phi) is 3.51. The highest BCUT2D eigenvalue weighted by Crippen LogP contribution is 2.31. The number of hydrogen-bond acceptors (Lipinski definition) is 3. The van der Waals surface area contributed by atoms with E-state index in [4.69, 9.17) is 0 Å². The van der Waals surface area contributed by atoms with Crippen molar-refractivity contribution in [2.75, 3.05) is 5.75 Å². The third-order valence-corrected chi connectivity index (χ3v) is 5.46. The average Bonchev–Trinajstić information content (AvgIpc) is 2.51. The van der Waals surface area contributed by atoms with Crippen LogP contribution < -0.4 is 5.32 Å². The number of sulfone groups is 1. The van der Waals surface area contributed by atoms with Crippen molar-refractivity contribution in [1.29, 1.82) is 0 Å². The Balaban J connectivity index is 1.90. The molecule has 5 heteroatoms. The van der Waals surface area contributed by atoms with Crippen molar-refractivity contribution < 1.29 is 13.2 Å². The fourth-order valence-corrected chi connectivity index (χ4v) is 4.19. The zero-order chi connectivity index (χ0) is 14.9. The molecule has 1 heterocycles. The van der Waals surface area contributed by atoms with Gasteiger partial charge in [-0.3, -0.25) is 4.79 Å². The highest BCUT2D eigenvalue weighted by Gasteiger charge is 2.30. The lowest BCUT2D eigenvalue weighted by atomic mass is 10.0. The molecular weight excluding hydrogens is 286 g/mol. The standard InChI is InChI=1S/C16H15NO3S/c18-16(12-6-2-1-3-7-12)17-14-10-11-21(19,20)15-9-5-4-8-13(14)15/h1-9,14H,10-11H2,(H,17,18). The van der Waals surface area contributed by atoms with Crippen LogP contribution in [-0.4, -0.2) is 20.1 Å². The average molecular weight is 301 g/mol. The molecule has 0 bridgehead atoms. The van der Waals surface area contributed by atoms with Crippen molar-refractivity contribution in [2.24, 2.45) is 0 Å². The fraction of sp³-hybridized carbons (Fsp3) is 0.188. The summed E-state index contributed by atoms with van der Waals surface area (Å²) in [6, 6.07) is 15.5. The minimum absolute atomic E-state index is 0.0593. The highest BCUT2D eigenvalue weighted by atomic mass is 32.2. The Labute approximate surface area is 123 Å². The van der Waals surface area contributed by atoms with Crippen LogP contribution >= 0.6 is 0 Å². The summed E-state index contributed by atoms with van der Waals surface area (Å²) >= 11 is 0. The van der Waals surface area contributed by atoms with E-state index in [2.05, 4.69) is 5.32 Å². The van der Waals surface area contributed by atoms with Crippen LogP contribution in [0.4, 0.5) is 0 Å². The van der Waals surface area contributed by atoms with Gasteiger partial charge in [0.2, 0.25) is 0 Å². The van der Waals surface area contributed by atoms with E-state index in [0.717, 1.165) is 0 Å². The van der Waals surface area contributed by atoms with Gasteiger partial charge in [-0.05, 0) is 30.2 Å². The number of nitrogens with one attached hydrogen (secondary N) is 1. The second-order valence-electron chi connectivity index (χ2n) is 5.04. The lowest BCUT2D eigenvalue weighted by Crippen LogP contribution is -2.33. The lowest BCUT2D eigenvalue weighted by Gasteiger charge is -2.26. The maximum absolute atomic E-state index is 12.2. The van der Waals surface area contributed by atoms with Crippen molar-refractivity contribution in [3.05, 3.63) is 65.7 Å². The predicted octanol–water partition coefficient (Wildman–Crippen LogP) is 2.34. The van der Waals surface area contributed by atoms with E-state index in [-0.39, 0.29) is 17.7 Å². The van der Waals surface area contributed by atoms with Gasteiger partial charge in [0.1, 0.15) is 0 Å².